The predicted molar refractivity (Wildman–Crippen MR) is 186 cm³/mol. The fraction of sp³-hybridized carbons (Fsp3) is 0.595. The number of amides is 3. The van der Waals surface area contributed by atoms with Crippen LogP contribution in [-0.4, -0.2) is 91.7 Å². The molecule has 2 fully saturated rings. The van der Waals surface area contributed by atoms with E-state index in [1.54, 1.807) is 21.8 Å². The zero-order chi connectivity index (χ0) is 36.4. The number of aryl methyl sites for hydroxylation is 1. The van der Waals surface area contributed by atoms with E-state index >= 15 is 0 Å². The van der Waals surface area contributed by atoms with Crippen molar-refractivity contribution in [2.75, 3.05) is 26.2 Å². The monoisotopic (exact) mass is 692 g/mol. The quantitative estimate of drug-likeness (QED) is 0.297. The third kappa shape index (κ3) is 8.66. The van der Waals surface area contributed by atoms with Crippen molar-refractivity contribution in [2.45, 2.75) is 97.4 Å². The maximum absolute atomic E-state index is 14.1. The van der Waals surface area contributed by atoms with Crippen molar-refractivity contribution in [2.24, 2.45) is 18.4 Å². The van der Waals surface area contributed by atoms with Crippen molar-refractivity contribution < 1.29 is 33.5 Å². The normalized spacial score (nSPS) is 20.4. The molecular weight excluding hydrogens is 640 g/mol. The molecule has 5 rings (SSSR count). The molecule has 2 N–H and O–H groups in total. The average Bonchev–Trinajstić information content (AvgIpc) is 3.79. The van der Waals surface area contributed by atoms with Gasteiger partial charge < -0.3 is 34.2 Å². The molecule has 2 aliphatic rings. The minimum Gasteiger partial charge on any atom is -0.475 e. The van der Waals surface area contributed by atoms with E-state index in [0.717, 1.165) is 29.7 Å². The molecule has 13 heteroatoms. The molecule has 272 valence electrons. The number of ether oxygens (including phenoxy) is 2. The van der Waals surface area contributed by atoms with Gasteiger partial charge in [0, 0.05) is 50.8 Å². The smallest absolute Gasteiger partial charge is 0.410 e. The Morgan fingerprint density at radius 2 is 1.78 bits per heavy atom. The maximum Gasteiger partial charge on any atom is 0.410 e. The van der Waals surface area contributed by atoms with Crippen LogP contribution < -0.4 is 10.1 Å². The zero-order valence-corrected chi connectivity index (χ0v) is 30.5. The SMILES string of the molecule is CC(C)C(C(=O)N1C[C@H](O)C[C@H]1C(=O)N[C@@H](C)c1ccc(-c2ccnn2C)cc1)c1cc(OCC2(C)CCN(C(=O)OC(C)(C)C)CC2)no1. The van der Waals surface area contributed by atoms with Crippen LogP contribution >= 0.6 is 0 Å². The van der Waals surface area contributed by atoms with Crippen LogP contribution in [0.1, 0.15) is 91.0 Å². The van der Waals surface area contributed by atoms with Crippen molar-refractivity contribution in [1.29, 1.82) is 0 Å². The number of hydrogen-bond donors (Lipinski definition) is 2. The Balaban J connectivity index is 1.19. The van der Waals surface area contributed by atoms with Gasteiger partial charge in [-0.25, -0.2) is 4.79 Å². The molecule has 0 aliphatic carbocycles. The molecule has 0 spiro atoms. The van der Waals surface area contributed by atoms with Gasteiger partial charge in [0.1, 0.15) is 17.6 Å². The summed E-state index contributed by atoms with van der Waals surface area (Å²) in [4.78, 5) is 43.4. The number of carbonyl (C=O) groups is 3. The molecule has 3 aromatic rings. The fourth-order valence-corrected chi connectivity index (χ4v) is 6.65. The first-order valence-electron chi connectivity index (χ1n) is 17.5. The number of aromatic nitrogens is 3. The van der Waals surface area contributed by atoms with E-state index in [2.05, 4.69) is 22.5 Å². The van der Waals surface area contributed by atoms with E-state index in [1.807, 2.05) is 78.9 Å². The second-order valence-corrected chi connectivity index (χ2v) is 15.4. The summed E-state index contributed by atoms with van der Waals surface area (Å²) in [6, 6.07) is 10.3. The number of nitrogens with zero attached hydrogens (tertiary/aromatic N) is 5. The Bertz CT molecular complexity index is 1630. The van der Waals surface area contributed by atoms with Crippen LogP contribution in [0.15, 0.2) is 47.1 Å². The molecule has 2 saturated heterocycles. The van der Waals surface area contributed by atoms with E-state index in [1.165, 1.54) is 4.90 Å². The number of aliphatic hydroxyl groups excluding tert-OH is 1. The van der Waals surface area contributed by atoms with Gasteiger partial charge in [-0.2, -0.15) is 5.10 Å². The minimum atomic E-state index is -0.833. The van der Waals surface area contributed by atoms with E-state index in [4.69, 9.17) is 14.0 Å². The van der Waals surface area contributed by atoms with E-state index < -0.39 is 23.7 Å². The van der Waals surface area contributed by atoms with Crippen molar-refractivity contribution in [1.82, 2.24) is 30.1 Å². The highest BCUT2D eigenvalue weighted by molar-refractivity contribution is 5.91. The first kappa shape index (κ1) is 36.9. The number of rotatable bonds is 10. The lowest BCUT2D eigenvalue weighted by Crippen LogP contribution is -2.48. The van der Waals surface area contributed by atoms with Crippen molar-refractivity contribution in [3.05, 3.63) is 53.9 Å². The third-order valence-electron chi connectivity index (χ3n) is 9.69. The Morgan fingerprint density at radius 3 is 2.38 bits per heavy atom. The van der Waals surface area contributed by atoms with Crippen LogP contribution in [0.25, 0.3) is 11.3 Å². The average molecular weight is 693 g/mol. The van der Waals surface area contributed by atoms with Gasteiger partial charge in [-0.3, -0.25) is 14.3 Å². The number of benzene rings is 1. The Kier molecular flexibility index (Phi) is 10.9. The number of hydrogen-bond acceptors (Lipinski definition) is 9. The number of aliphatic hydroxyl groups is 1. The highest BCUT2D eigenvalue weighted by Crippen LogP contribution is 2.35. The van der Waals surface area contributed by atoms with Gasteiger partial charge in [-0.15, -0.1) is 0 Å². The summed E-state index contributed by atoms with van der Waals surface area (Å²) in [5.74, 6) is -0.941. The van der Waals surface area contributed by atoms with Gasteiger partial charge in [0.2, 0.25) is 11.8 Å². The molecule has 2 aromatic heterocycles. The summed E-state index contributed by atoms with van der Waals surface area (Å²) in [6.45, 7) is 14.9. The first-order valence-corrected chi connectivity index (χ1v) is 17.5. The lowest BCUT2D eigenvalue weighted by Gasteiger charge is -2.39. The molecule has 1 unspecified atom stereocenters. The van der Waals surface area contributed by atoms with Crippen LogP contribution in [-0.2, 0) is 21.4 Å². The van der Waals surface area contributed by atoms with Gasteiger partial charge in [0.15, 0.2) is 5.76 Å². The van der Waals surface area contributed by atoms with Gasteiger partial charge in [-0.05, 0) is 68.8 Å². The Hall–Kier alpha value is -4.39. The van der Waals surface area contributed by atoms with E-state index in [0.29, 0.717) is 25.5 Å². The van der Waals surface area contributed by atoms with Gasteiger partial charge in [0.25, 0.3) is 5.88 Å². The van der Waals surface area contributed by atoms with Gasteiger partial charge in [0.05, 0.1) is 24.4 Å². The van der Waals surface area contributed by atoms with Crippen LogP contribution in [0.3, 0.4) is 0 Å². The van der Waals surface area contributed by atoms with Gasteiger partial charge in [-0.1, -0.05) is 45.0 Å². The number of likely N-dealkylation sites (tertiary alicyclic amines) is 2. The number of piperidine rings is 1. The number of nitrogens with one attached hydrogen (secondary N) is 1. The number of carbonyl (C=O) groups excluding carboxylic acids is 3. The third-order valence-corrected chi connectivity index (χ3v) is 9.69. The summed E-state index contributed by atoms with van der Waals surface area (Å²) in [7, 11) is 1.89. The summed E-state index contributed by atoms with van der Waals surface area (Å²) in [6.07, 6.45) is 2.23. The molecule has 1 aromatic carbocycles. The van der Waals surface area contributed by atoms with Crippen LogP contribution in [0.2, 0.25) is 0 Å². The summed E-state index contributed by atoms with van der Waals surface area (Å²) in [5, 5.41) is 22.0. The molecule has 3 amide bonds. The second kappa shape index (κ2) is 14.8. The molecule has 13 nitrogen and oxygen atoms in total. The van der Waals surface area contributed by atoms with E-state index in [9.17, 15) is 19.5 Å². The van der Waals surface area contributed by atoms with Crippen molar-refractivity contribution in [3.8, 4) is 17.1 Å². The van der Waals surface area contributed by atoms with Crippen LogP contribution in [0.4, 0.5) is 4.79 Å². The maximum atomic E-state index is 14.1. The minimum absolute atomic E-state index is 0.0457. The Labute approximate surface area is 294 Å². The van der Waals surface area contributed by atoms with Crippen LogP contribution in [0.5, 0.6) is 5.88 Å². The molecule has 4 heterocycles. The topological polar surface area (TPSA) is 152 Å². The summed E-state index contributed by atoms with van der Waals surface area (Å²) < 4.78 is 19.0. The van der Waals surface area contributed by atoms with Gasteiger partial charge >= 0.3 is 6.09 Å². The second-order valence-electron chi connectivity index (χ2n) is 15.4. The number of β-amino-alcohol motifs (C(OH)–C–C–N with tert-alkyl or cyclic N) is 1. The zero-order valence-electron chi connectivity index (χ0n) is 30.5. The standard InChI is InChI=1S/C37H52N6O7/c1-23(2)32(30-20-31(40-50-30)48-22-37(7)14-17-42(18-15-37)35(47)49-36(4,5)6)34(46)43-21-27(44)19-29(43)33(45)39-24(3)25-9-11-26(12-10-25)28-13-16-38-41(28)8/h9-13,16,20,23-24,27,29,32,44H,14-15,17-19,21-22H2,1-8H3,(H,39,45)/t24-,27+,29-,32?/m0/s1. The molecule has 4 atom stereocenters. The molecule has 0 saturated carbocycles. The van der Waals surface area contributed by atoms with Crippen molar-refractivity contribution >= 4 is 17.9 Å². The first-order chi connectivity index (χ1) is 23.5. The fourth-order valence-electron chi connectivity index (χ4n) is 6.65. The Morgan fingerprint density at radius 1 is 1.10 bits per heavy atom. The van der Waals surface area contributed by atoms with Crippen LogP contribution in [0, 0.1) is 11.3 Å². The molecule has 2 aliphatic heterocycles. The molecule has 0 radical (unpaired) electrons. The summed E-state index contributed by atoms with van der Waals surface area (Å²) >= 11 is 0. The van der Waals surface area contributed by atoms with Crippen molar-refractivity contribution in [3.63, 3.8) is 0 Å². The van der Waals surface area contributed by atoms with E-state index in [-0.39, 0.29) is 54.1 Å². The largest absolute Gasteiger partial charge is 0.475 e. The molecule has 0 bridgehead atoms. The summed E-state index contributed by atoms with van der Waals surface area (Å²) in [5.41, 5.74) is 2.18. The highest BCUT2D eigenvalue weighted by atomic mass is 16.6. The lowest BCUT2D eigenvalue weighted by atomic mass is 9.81. The molecular formula is C37H52N6O7. The highest BCUT2D eigenvalue weighted by Gasteiger charge is 2.44. The molecule has 50 heavy (non-hydrogen) atoms. The lowest BCUT2D eigenvalue weighted by molar-refractivity contribution is -0.141. The predicted octanol–water partition coefficient (Wildman–Crippen LogP) is 5.07.